The number of urea groups is 1. The summed E-state index contributed by atoms with van der Waals surface area (Å²) in [4.78, 5) is 38.7. The fourth-order valence-electron chi connectivity index (χ4n) is 4.90. The quantitative estimate of drug-likeness (QED) is 0.800. The summed E-state index contributed by atoms with van der Waals surface area (Å²) >= 11 is 0. The molecule has 2 aromatic carbocycles. The number of imide groups is 1. The van der Waals surface area contributed by atoms with Crippen molar-refractivity contribution in [3.63, 3.8) is 0 Å². The van der Waals surface area contributed by atoms with Gasteiger partial charge in [-0.05, 0) is 60.7 Å². The van der Waals surface area contributed by atoms with Crippen LogP contribution in [0.2, 0.25) is 0 Å². The van der Waals surface area contributed by atoms with Gasteiger partial charge in [0.05, 0.1) is 13.1 Å². The second kappa shape index (κ2) is 8.35. The molecule has 3 aliphatic heterocycles. The van der Waals surface area contributed by atoms with Crippen LogP contribution < -0.4 is 5.32 Å². The summed E-state index contributed by atoms with van der Waals surface area (Å²) in [7, 11) is 0. The molecular formula is C24H25FN4O3. The number of rotatable bonds is 4. The summed E-state index contributed by atoms with van der Waals surface area (Å²) in [6.45, 7) is 3.07. The van der Waals surface area contributed by atoms with E-state index in [4.69, 9.17) is 0 Å². The van der Waals surface area contributed by atoms with Crippen LogP contribution in [0, 0.1) is 5.82 Å². The number of likely N-dealkylation sites (tertiary alicyclic amines) is 1. The van der Waals surface area contributed by atoms with Gasteiger partial charge < -0.3 is 0 Å². The highest BCUT2D eigenvalue weighted by molar-refractivity contribution is 6.01. The minimum Gasteiger partial charge on any atom is -0.299 e. The van der Waals surface area contributed by atoms with Crippen LogP contribution in [0.4, 0.5) is 9.18 Å². The van der Waals surface area contributed by atoms with Crippen LogP contribution in [0.3, 0.4) is 0 Å². The highest BCUT2D eigenvalue weighted by Crippen LogP contribution is 2.31. The molecule has 2 fully saturated rings. The van der Waals surface area contributed by atoms with Gasteiger partial charge in [0.1, 0.15) is 5.82 Å². The smallest absolute Gasteiger partial charge is 0.299 e. The van der Waals surface area contributed by atoms with E-state index in [1.165, 1.54) is 16.1 Å². The zero-order valence-electron chi connectivity index (χ0n) is 17.7. The lowest BCUT2D eigenvalue weighted by atomic mass is 9.89. The topological polar surface area (TPSA) is 73.0 Å². The number of fused-ring (bicyclic) bond motifs is 1. The predicted octanol–water partition coefficient (Wildman–Crippen LogP) is 3.02. The van der Waals surface area contributed by atoms with E-state index in [9.17, 15) is 18.8 Å². The number of benzene rings is 2. The van der Waals surface area contributed by atoms with Crippen molar-refractivity contribution in [3.8, 4) is 0 Å². The Morgan fingerprint density at radius 3 is 2.50 bits per heavy atom. The molecule has 0 unspecified atom stereocenters. The summed E-state index contributed by atoms with van der Waals surface area (Å²) in [6, 6.07) is 12.3. The molecule has 166 valence electrons. The summed E-state index contributed by atoms with van der Waals surface area (Å²) in [5.74, 6) is -0.412. The second-order valence-electron chi connectivity index (χ2n) is 8.65. The number of carbonyl (C=O) groups is 3. The Balaban J connectivity index is 1.22. The first-order valence-electron chi connectivity index (χ1n) is 11.0. The average Bonchev–Trinajstić information content (AvgIpc) is 3.10. The summed E-state index contributed by atoms with van der Waals surface area (Å²) in [5, 5.41) is 4.99. The number of nitrogens with zero attached hydrogens (tertiary/aromatic N) is 3. The molecule has 3 heterocycles. The number of halogens is 1. The van der Waals surface area contributed by atoms with Crippen LogP contribution in [-0.2, 0) is 17.9 Å². The van der Waals surface area contributed by atoms with Crippen molar-refractivity contribution in [2.75, 3.05) is 19.6 Å². The fourth-order valence-corrected chi connectivity index (χ4v) is 4.90. The van der Waals surface area contributed by atoms with E-state index in [0.29, 0.717) is 12.1 Å². The van der Waals surface area contributed by atoms with Gasteiger partial charge in [-0.25, -0.2) is 19.2 Å². The minimum atomic E-state index is -0.555. The molecule has 3 aliphatic rings. The molecule has 4 amide bonds. The van der Waals surface area contributed by atoms with Crippen LogP contribution in [-0.4, -0.2) is 52.4 Å². The third-order valence-electron chi connectivity index (χ3n) is 6.62. The summed E-state index contributed by atoms with van der Waals surface area (Å²) in [5.41, 5.74) is 3.41. The first-order chi connectivity index (χ1) is 15.5. The van der Waals surface area contributed by atoms with Crippen LogP contribution in [0.15, 0.2) is 42.5 Å². The Morgan fingerprint density at radius 1 is 0.969 bits per heavy atom. The Labute approximate surface area is 185 Å². The molecule has 2 aromatic rings. The van der Waals surface area contributed by atoms with Gasteiger partial charge >= 0.3 is 6.03 Å². The molecule has 5 rings (SSSR count). The minimum absolute atomic E-state index is 0.120. The van der Waals surface area contributed by atoms with Crippen molar-refractivity contribution in [2.24, 2.45) is 0 Å². The Kier molecular flexibility index (Phi) is 5.38. The lowest BCUT2D eigenvalue weighted by Gasteiger charge is -2.33. The van der Waals surface area contributed by atoms with E-state index in [-0.39, 0.29) is 36.5 Å². The normalized spacial score (nSPS) is 20.0. The number of hydrazine groups is 1. The Hall–Kier alpha value is -3.26. The zero-order valence-corrected chi connectivity index (χ0v) is 17.7. The third-order valence-corrected chi connectivity index (χ3v) is 6.62. The fraction of sp³-hybridized carbons (Fsp3) is 0.375. The predicted molar refractivity (Wildman–Crippen MR) is 115 cm³/mol. The number of amides is 4. The highest BCUT2D eigenvalue weighted by Gasteiger charge is 2.37. The molecule has 0 bridgehead atoms. The van der Waals surface area contributed by atoms with E-state index in [2.05, 4.69) is 10.2 Å². The van der Waals surface area contributed by atoms with Crippen molar-refractivity contribution >= 4 is 17.8 Å². The number of hydrogen-bond acceptors (Lipinski definition) is 4. The lowest BCUT2D eigenvalue weighted by Crippen LogP contribution is -2.56. The SMILES string of the molecule is O=C1CCN(N2Cc3cc(CN4CCC(c5ccccc5F)CC4)ccc3C2=O)C(=O)N1. The van der Waals surface area contributed by atoms with Crippen LogP contribution in [0.1, 0.15) is 52.2 Å². The van der Waals surface area contributed by atoms with Gasteiger partial charge in [0.2, 0.25) is 5.91 Å². The summed E-state index contributed by atoms with van der Waals surface area (Å²) < 4.78 is 14.1. The van der Waals surface area contributed by atoms with Crippen molar-refractivity contribution in [2.45, 2.75) is 38.3 Å². The maximum absolute atomic E-state index is 14.1. The number of carbonyl (C=O) groups excluding carboxylic acids is 3. The number of piperidine rings is 1. The van der Waals surface area contributed by atoms with E-state index < -0.39 is 6.03 Å². The summed E-state index contributed by atoms with van der Waals surface area (Å²) in [6.07, 6.45) is 2.02. The molecule has 2 saturated heterocycles. The molecule has 0 radical (unpaired) electrons. The van der Waals surface area contributed by atoms with E-state index in [0.717, 1.165) is 49.2 Å². The van der Waals surface area contributed by atoms with Gasteiger partial charge in [-0.2, -0.15) is 0 Å². The van der Waals surface area contributed by atoms with Gasteiger partial charge in [0.15, 0.2) is 0 Å². The molecule has 7 nitrogen and oxygen atoms in total. The van der Waals surface area contributed by atoms with Crippen molar-refractivity contribution in [1.82, 2.24) is 20.2 Å². The molecule has 32 heavy (non-hydrogen) atoms. The lowest BCUT2D eigenvalue weighted by molar-refractivity contribution is -0.123. The van der Waals surface area contributed by atoms with Crippen molar-refractivity contribution in [3.05, 3.63) is 70.5 Å². The Morgan fingerprint density at radius 2 is 1.75 bits per heavy atom. The van der Waals surface area contributed by atoms with Gasteiger partial charge in [-0.3, -0.25) is 19.8 Å². The van der Waals surface area contributed by atoms with Crippen molar-refractivity contribution in [1.29, 1.82) is 0 Å². The second-order valence-corrected chi connectivity index (χ2v) is 8.65. The molecule has 8 heteroatoms. The maximum atomic E-state index is 14.1. The van der Waals surface area contributed by atoms with Gasteiger partial charge in [-0.15, -0.1) is 0 Å². The van der Waals surface area contributed by atoms with Crippen LogP contribution >= 0.6 is 0 Å². The van der Waals surface area contributed by atoms with Gasteiger partial charge in [0, 0.05) is 18.5 Å². The van der Waals surface area contributed by atoms with E-state index in [1.54, 1.807) is 6.07 Å². The maximum Gasteiger partial charge on any atom is 0.342 e. The molecule has 0 aliphatic carbocycles. The largest absolute Gasteiger partial charge is 0.342 e. The highest BCUT2D eigenvalue weighted by atomic mass is 19.1. The van der Waals surface area contributed by atoms with Gasteiger partial charge in [-0.1, -0.05) is 30.3 Å². The molecule has 1 N–H and O–H groups in total. The van der Waals surface area contributed by atoms with E-state index >= 15 is 0 Å². The average molecular weight is 436 g/mol. The van der Waals surface area contributed by atoms with Crippen LogP contribution in [0.25, 0.3) is 0 Å². The molecule has 0 atom stereocenters. The number of nitrogens with one attached hydrogen (secondary N) is 1. The third kappa shape index (κ3) is 3.86. The first kappa shape index (κ1) is 20.6. The molecular weight excluding hydrogens is 411 g/mol. The van der Waals surface area contributed by atoms with Crippen LogP contribution in [0.5, 0.6) is 0 Å². The molecule has 0 aromatic heterocycles. The first-order valence-corrected chi connectivity index (χ1v) is 11.0. The zero-order chi connectivity index (χ0) is 22.2. The molecule has 0 saturated carbocycles. The van der Waals surface area contributed by atoms with Crippen molar-refractivity contribution < 1.29 is 18.8 Å². The van der Waals surface area contributed by atoms with E-state index in [1.807, 2.05) is 30.3 Å². The standard InChI is InChI=1S/C24H25FN4O3/c25-21-4-2-1-3-19(21)17-7-10-27(11-8-17)14-16-5-6-20-18(13-16)15-29(23(20)31)28-12-9-22(30)26-24(28)32/h1-6,13,17H,7-12,14-15H2,(H,26,30,32). The monoisotopic (exact) mass is 436 g/mol. The Bertz CT molecular complexity index is 1080. The number of hydrogen-bond donors (Lipinski definition) is 1. The van der Waals surface area contributed by atoms with Gasteiger partial charge in [0.25, 0.3) is 5.91 Å². The molecule has 0 spiro atoms.